The molecule has 180 valence electrons. The molecule has 0 saturated carbocycles. The van der Waals surface area contributed by atoms with E-state index in [0.29, 0.717) is 16.7 Å². The average molecular weight is 541 g/mol. The van der Waals surface area contributed by atoms with Crippen molar-refractivity contribution >= 4 is 45.5 Å². The summed E-state index contributed by atoms with van der Waals surface area (Å²) in [6, 6.07) is 17.3. The van der Waals surface area contributed by atoms with Crippen molar-refractivity contribution in [3.8, 4) is 0 Å². The van der Waals surface area contributed by atoms with Gasteiger partial charge in [0.05, 0.1) is 14.7 Å². The lowest BCUT2D eigenvalue weighted by molar-refractivity contribution is 0.311. The van der Waals surface area contributed by atoms with Crippen LogP contribution in [0.4, 0.5) is 0 Å². The van der Waals surface area contributed by atoms with Crippen molar-refractivity contribution in [2.45, 2.75) is 35.5 Å². The van der Waals surface area contributed by atoms with Gasteiger partial charge in [0.1, 0.15) is 0 Å². The molecule has 34 heavy (non-hydrogen) atoms. The summed E-state index contributed by atoms with van der Waals surface area (Å²) in [5.41, 5.74) is 0.913. The van der Waals surface area contributed by atoms with E-state index in [2.05, 4.69) is 0 Å². The fourth-order valence-corrected chi connectivity index (χ4v) is 10.1. The zero-order valence-electron chi connectivity index (χ0n) is 18.4. The fraction of sp³-hybridized carbons (Fsp3) is 0.143. The highest BCUT2D eigenvalue weighted by molar-refractivity contribution is 7.90. The summed E-state index contributed by atoms with van der Waals surface area (Å²) in [4.78, 5) is -0.830. The molecule has 3 rings (SSSR count). The molecule has 3 aromatic carbocycles. The number of aryl methyl sites for hydroxylation is 3. The van der Waals surface area contributed by atoms with Crippen molar-refractivity contribution < 1.29 is 35.0 Å². The van der Waals surface area contributed by atoms with E-state index in [0.717, 1.165) is 0 Å². The second-order valence-corrected chi connectivity index (χ2v) is 14.2. The largest absolute Gasteiger partial charge is 0.952 e. The molecule has 0 aromatic heterocycles. The summed E-state index contributed by atoms with van der Waals surface area (Å²) < 4.78 is 92.5. The van der Waals surface area contributed by atoms with Crippen LogP contribution < -0.4 is 0 Å². The van der Waals surface area contributed by atoms with Crippen molar-refractivity contribution in [2.24, 2.45) is 0 Å². The zero-order chi connectivity index (χ0) is 25.1. The molecule has 0 aliphatic heterocycles. The predicted molar refractivity (Wildman–Crippen MR) is 124 cm³/mol. The van der Waals surface area contributed by atoms with Crippen LogP contribution in [0.2, 0.25) is 0 Å². The fourth-order valence-electron chi connectivity index (χ4n) is 3.02. The topological polar surface area (TPSA) is 130 Å². The SMILES string of the molecule is Cc1ccccc1S(=O)(=O)[O][Al]([O]S(=O)(=O)c1ccccc1C)[O]S(=O)(=O)c1ccccc1C. The Morgan fingerprint density at radius 3 is 0.941 bits per heavy atom. The molecule has 0 saturated heterocycles. The smallest absolute Gasteiger partial charge is 0.338 e. The first-order valence-electron chi connectivity index (χ1n) is 9.80. The highest BCUT2D eigenvalue weighted by Crippen LogP contribution is 2.25. The van der Waals surface area contributed by atoms with Gasteiger partial charge in [0.25, 0.3) is 30.4 Å². The third kappa shape index (κ3) is 6.13. The molecule has 0 unspecified atom stereocenters. The minimum absolute atomic E-state index is 0.277. The zero-order valence-corrected chi connectivity index (χ0v) is 22.0. The van der Waals surface area contributed by atoms with Gasteiger partial charge in [-0.2, -0.15) is 25.3 Å². The molecule has 0 bridgehead atoms. The first kappa shape index (κ1) is 26.5. The molecule has 9 nitrogen and oxygen atoms in total. The summed E-state index contributed by atoms with van der Waals surface area (Å²) in [6.45, 7) is 4.51. The third-order valence-electron chi connectivity index (χ3n) is 4.70. The van der Waals surface area contributed by atoms with Crippen molar-refractivity contribution in [1.82, 2.24) is 0 Å². The summed E-state index contributed by atoms with van der Waals surface area (Å²) in [7, 11) is -13.9. The molecule has 0 radical (unpaired) electrons. The van der Waals surface area contributed by atoms with Crippen LogP contribution in [-0.4, -0.2) is 40.4 Å². The summed E-state index contributed by atoms with van der Waals surface area (Å²) >= 11 is -4.44. The Kier molecular flexibility index (Phi) is 8.01. The predicted octanol–water partition coefficient (Wildman–Crippen LogP) is 3.11. The van der Waals surface area contributed by atoms with Crippen LogP contribution in [0.5, 0.6) is 0 Å². The minimum Gasteiger partial charge on any atom is -0.338 e. The van der Waals surface area contributed by atoms with E-state index in [1.165, 1.54) is 75.4 Å². The molecule has 0 aliphatic rings. The summed E-state index contributed by atoms with van der Waals surface area (Å²) in [6.07, 6.45) is 0. The first-order chi connectivity index (χ1) is 15.8. The van der Waals surface area contributed by atoms with Crippen molar-refractivity contribution in [1.29, 1.82) is 0 Å². The first-order valence-corrected chi connectivity index (χ1v) is 15.4. The van der Waals surface area contributed by atoms with Gasteiger partial charge in [-0.1, -0.05) is 54.6 Å². The second-order valence-electron chi connectivity index (χ2n) is 7.24. The van der Waals surface area contributed by atoms with Gasteiger partial charge in [-0.15, -0.1) is 0 Å². The van der Waals surface area contributed by atoms with Crippen LogP contribution in [0.25, 0.3) is 0 Å². The highest BCUT2D eigenvalue weighted by Gasteiger charge is 2.48. The van der Waals surface area contributed by atoms with E-state index in [9.17, 15) is 25.3 Å². The maximum Gasteiger partial charge on any atom is 0.952 e. The van der Waals surface area contributed by atoms with Crippen molar-refractivity contribution in [3.05, 3.63) is 89.5 Å². The van der Waals surface area contributed by atoms with Gasteiger partial charge in [-0.3, -0.25) is 0 Å². The van der Waals surface area contributed by atoms with E-state index in [1.54, 1.807) is 18.2 Å². The van der Waals surface area contributed by atoms with Gasteiger partial charge in [0.15, 0.2) is 0 Å². The molecule has 0 fully saturated rings. The van der Waals surface area contributed by atoms with Gasteiger partial charge < -0.3 is 9.70 Å². The number of hydrogen-bond acceptors (Lipinski definition) is 9. The van der Waals surface area contributed by atoms with E-state index < -0.39 is 45.5 Å². The van der Waals surface area contributed by atoms with Crippen molar-refractivity contribution in [3.63, 3.8) is 0 Å². The van der Waals surface area contributed by atoms with E-state index in [-0.39, 0.29) is 14.7 Å². The van der Waals surface area contributed by atoms with Gasteiger partial charge >= 0.3 is 15.1 Å². The van der Waals surface area contributed by atoms with Crippen LogP contribution >= 0.6 is 0 Å². The van der Waals surface area contributed by atoms with Gasteiger partial charge in [0.2, 0.25) is 0 Å². The lowest BCUT2D eigenvalue weighted by Gasteiger charge is -2.16. The van der Waals surface area contributed by atoms with Crippen LogP contribution in [0, 0.1) is 20.8 Å². The Bertz CT molecular complexity index is 1330. The Balaban J connectivity index is 2.04. The van der Waals surface area contributed by atoms with E-state index >= 15 is 0 Å². The maximum absolute atomic E-state index is 12.9. The summed E-state index contributed by atoms with van der Waals surface area (Å²) in [5, 5.41) is 0. The monoisotopic (exact) mass is 540 g/mol. The Morgan fingerprint density at radius 2 is 0.706 bits per heavy atom. The van der Waals surface area contributed by atoms with Gasteiger partial charge in [-0.05, 0) is 55.7 Å². The standard InChI is InChI=1S/3C7H8O3S.Al/c3*1-6-4-2-3-5-7(6)11(8,9)10;/h3*2-5H,1H3,(H,8,9,10);/q;;;+3/p-3. The van der Waals surface area contributed by atoms with Gasteiger partial charge in [-0.25, -0.2) is 0 Å². The number of benzene rings is 3. The minimum atomic E-state index is -4.64. The normalized spacial score (nSPS) is 12.4. The molecule has 0 atom stereocenters. The van der Waals surface area contributed by atoms with E-state index in [4.69, 9.17) is 9.70 Å². The lowest BCUT2D eigenvalue weighted by Crippen LogP contribution is -2.35. The molecule has 0 amide bonds. The average Bonchev–Trinajstić information content (AvgIpc) is 2.73. The lowest BCUT2D eigenvalue weighted by atomic mass is 10.2. The number of rotatable bonds is 9. The van der Waals surface area contributed by atoms with Crippen LogP contribution in [0.15, 0.2) is 87.5 Å². The Labute approximate surface area is 204 Å². The molecular formula is C21H21AlO9S3. The summed E-state index contributed by atoms with van der Waals surface area (Å²) in [5.74, 6) is 0. The highest BCUT2D eigenvalue weighted by atomic mass is 32.2. The van der Waals surface area contributed by atoms with Gasteiger partial charge in [0, 0.05) is 0 Å². The Morgan fingerprint density at radius 1 is 0.471 bits per heavy atom. The van der Waals surface area contributed by atoms with Crippen molar-refractivity contribution in [2.75, 3.05) is 0 Å². The Hall–Kier alpha value is -2.08. The molecule has 0 spiro atoms. The molecule has 0 aliphatic carbocycles. The molecule has 0 N–H and O–H groups in total. The maximum atomic E-state index is 12.9. The van der Waals surface area contributed by atoms with Crippen LogP contribution in [-0.2, 0) is 40.1 Å². The van der Waals surface area contributed by atoms with Crippen LogP contribution in [0.1, 0.15) is 16.7 Å². The van der Waals surface area contributed by atoms with Crippen LogP contribution in [0.3, 0.4) is 0 Å². The number of hydrogen-bond donors (Lipinski definition) is 0. The quantitative estimate of drug-likeness (QED) is 0.376. The van der Waals surface area contributed by atoms with E-state index in [1.807, 2.05) is 0 Å². The third-order valence-corrected chi connectivity index (χ3v) is 12.6. The molecule has 3 aromatic rings. The molecule has 0 heterocycles. The molecule has 13 heteroatoms. The molecular weight excluding hydrogens is 519 g/mol. The second kappa shape index (κ2) is 10.3.